The monoisotopic (exact) mass is 341 g/mol. The molecule has 25 heavy (non-hydrogen) atoms. The van der Waals surface area contributed by atoms with Gasteiger partial charge in [0.2, 0.25) is 0 Å². The van der Waals surface area contributed by atoms with Gasteiger partial charge in [0.05, 0.1) is 11.3 Å². The summed E-state index contributed by atoms with van der Waals surface area (Å²) in [7, 11) is 0. The first-order valence-electron chi connectivity index (χ1n) is 8.64. The number of esters is 1. The first-order chi connectivity index (χ1) is 12.1. The van der Waals surface area contributed by atoms with E-state index in [2.05, 4.69) is 5.10 Å². The van der Waals surface area contributed by atoms with Gasteiger partial charge in [-0.1, -0.05) is 0 Å². The van der Waals surface area contributed by atoms with Crippen molar-refractivity contribution in [2.24, 2.45) is 0 Å². The number of ether oxygens (including phenoxy) is 1. The number of aromatic nitrogens is 2. The Bertz CT molecular complexity index is 752. The van der Waals surface area contributed by atoms with Crippen molar-refractivity contribution in [2.45, 2.75) is 39.2 Å². The minimum absolute atomic E-state index is 0.121. The van der Waals surface area contributed by atoms with E-state index in [-0.39, 0.29) is 18.6 Å². The fraction of sp³-hybridized carbons (Fsp3) is 0.421. The standard InChI is InChI=1S/C19H23N3O3/c1-14-5-3-4-12-21(14)18(23)13-25-19(24)16-6-8-17(9-7-16)22-15(2)10-11-20-22/h6-11,14H,3-5,12-13H2,1-2H3/t14-/m0/s1. The molecule has 3 rings (SSSR count). The van der Waals surface area contributed by atoms with E-state index in [4.69, 9.17) is 4.74 Å². The predicted octanol–water partition coefficient (Wildman–Crippen LogP) is 2.74. The number of piperidine rings is 1. The van der Waals surface area contributed by atoms with Crippen LogP contribution in [0.25, 0.3) is 5.69 Å². The van der Waals surface area contributed by atoms with Crippen LogP contribution in [0.2, 0.25) is 0 Å². The maximum atomic E-state index is 12.2. The number of nitrogens with zero attached hydrogens (tertiary/aromatic N) is 3. The minimum Gasteiger partial charge on any atom is -0.452 e. The largest absolute Gasteiger partial charge is 0.452 e. The zero-order valence-electron chi connectivity index (χ0n) is 14.6. The summed E-state index contributed by atoms with van der Waals surface area (Å²) in [5.41, 5.74) is 2.31. The topological polar surface area (TPSA) is 64.4 Å². The molecule has 1 saturated heterocycles. The molecule has 1 atom stereocenters. The van der Waals surface area contributed by atoms with Gasteiger partial charge >= 0.3 is 5.97 Å². The number of carbonyl (C=O) groups is 2. The van der Waals surface area contributed by atoms with Gasteiger partial charge in [0.15, 0.2) is 6.61 Å². The lowest BCUT2D eigenvalue weighted by Gasteiger charge is -2.33. The Morgan fingerprint density at radius 3 is 2.60 bits per heavy atom. The van der Waals surface area contributed by atoms with E-state index < -0.39 is 5.97 Å². The van der Waals surface area contributed by atoms with Gasteiger partial charge in [-0.15, -0.1) is 0 Å². The third-order valence-electron chi connectivity index (χ3n) is 4.63. The molecule has 0 spiro atoms. The van der Waals surface area contributed by atoms with Crippen LogP contribution in [0.1, 0.15) is 42.2 Å². The smallest absolute Gasteiger partial charge is 0.338 e. The van der Waals surface area contributed by atoms with E-state index in [9.17, 15) is 9.59 Å². The first-order valence-corrected chi connectivity index (χ1v) is 8.64. The Balaban J connectivity index is 1.58. The molecule has 2 heterocycles. The van der Waals surface area contributed by atoms with Gasteiger partial charge in [-0.3, -0.25) is 4.79 Å². The number of amides is 1. The fourth-order valence-corrected chi connectivity index (χ4v) is 3.14. The number of aryl methyl sites for hydroxylation is 1. The van der Waals surface area contributed by atoms with Crippen LogP contribution in [0.5, 0.6) is 0 Å². The van der Waals surface area contributed by atoms with Crippen LogP contribution in [-0.2, 0) is 9.53 Å². The highest BCUT2D eigenvalue weighted by Gasteiger charge is 2.24. The van der Waals surface area contributed by atoms with Gasteiger partial charge in [0.1, 0.15) is 0 Å². The molecule has 1 aliphatic heterocycles. The highest BCUT2D eigenvalue weighted by molar-refractivity contribution is 5.91. The molecule has 6 nitrogen and oxygen atoms in total. The molecule has 0 radical (unpaired) electrons. The van der Waals surface area contributed by atoms with Crippen molar-refractivity contribution >= 4 is 11.9 Å². The van der Waals surface area contributed by atoms with Gasteiger partial charge in [0, 0.05) is 24.5 Å². The average Bonchev–Trinajstić information content (AvgIpc) is 3.06. The molecule has 0 unspecified atom stereocenters. The van der Waals surface area contributed by atoms with Crippen molar-refractivity contribution in [3.63, 3.8) is 0 Å². The van der Waals surface area contributed by atoms with Crippen molar-refractivity contribution in [3.8, 4) is 5.69 Å². The third kappa shape index (κ3) is 3.90. The molecule has 1 amide bonds. The lowest BCUT2D eigenvalue weighted by Crippen LogP contribution is -2.44. The second-order valence-electron chi connectivity index (χ2n) is 6.44. The molecule has 0 N–H and O–H groups in total. The summed E-state index contributed by atoms with van der Waals surface area (Å²) in [6, 6.07) is 9.13. The number of hydrogen-bond donors (Lipinski definition) is 0. The summed E-state index contributed by atoms with van der Waals surface area (Å²) in [6.45, 7) is 4.54. The highest BCUT2D eigenvalue weighted by atomic mass is 16.5. The van der Waals surface area contributed by atoms with E-state index >= 15 is 0 Å². The Kier molecular flexibility index (Phi) is 5.16. The van der Waals surface area contributed by atoms with Crippen LogP contribution >= 0.6 is 0 Å². The summed E-state index contributed by atoms with van der Waals surface area (Å²) in [6.07, 6.45) is 4.89. The van der Waals surface area contributed by atoms with Crippen molar-refractivity contribution in [1.29, 1.82) is 0 Å². The number of hydrogen-bond acceptors (Lipinski definition) is 4. The summed E-state index contributed by atoms with van der Waals surface area (Å²) >= 11 is 0. The van der Waals surface area contributed by atoms with Crippen molar-refractivity contribution < 1.29 is 14.3 Å². The molecule has 2 aromatic rings. The molecule has 0 aliphatic carbocycles. The van der Waals surface area contributed by atoms with E-state index in [1.807, 2.05) is 32.0 Å². The number of rotatable bonds is 4. The quantitative estimate of drug-likeness (QED) is 0.802. The molecule has 1 fully saturated rings. The van der Waals surface area contributed by atoms with Gasteiger partial charge in [-0.05, 0) is 63.4 Å². The molecule has 1 aromatic carbocycles. The molecular formula is C19H23N3O3. The average molecular weight is 341 g/mol. The third-order valence-corrected chi connectivity index (χ3v) is 4.63. The van der Waals surface area contributed by atoms with Crippen LogP contribution in [0, 0.1) is 6.92 Å². The van der Waals surface area contributed by atoms with Gasteiger partial charge in [0.25, 0.3) is 5.91 Å². The Morgan fingerprint density at radius 1 is 1.20 bits per heavy atom. The van der Waals surface area contributed by atoms with Crippen LogP contribution in [-0.4, -0.2) is 45.8 Å². The Hall–Kier alpha value is -2.63. The lowest BCUT2D eigenvalue weighted by atomic mass is 10.0. The summed E-state index contributed by atoms with van der Waals surface area (Å²) < 4.78 is 6.98. The second-order valence-corrected chi connectivity index (χ2v) is 6.44. The van der Waals surface area contributed by atoms with Crippen LogP contribution in [0.3, 0.4) is 0 Å². The summed E-state index contributed by atoms with van der Waals surface area (Å²) in [5, 5.41) is 4.23. The zero-order chi connectivity index (χ0) is 17.8. The van der Waals surface area contributed by atoms with Crippen LogP contribution in [0.4, 0.5) is 0 Å². The molecule has 132 valence electrons. The summed E-state index contributed by atoms with van der Waals surface area (Å²) in [4.78, 5) is 26.2. The number of benzene rings is 1. The van der Waals surface area contributed by atoms with Crippen LogP contribution in [0.15, 0.2) is 36.5 Å². The van der Waals surface area contributed by atoms with Crippen molar-refractivity contribution in [1.82, 2.24) is 14.7 Å². The maximum absolute atomic E-state index is 12.2. The Labute approximate surface area is 147 Å². The Morgan fingerprint density at radius 2 is 1.96 bits per heavy atom. The predicted molar refractivity (Wildman–Crippen MR) is 93.6 cm³/mol. The number of likely N-dealkylation sites (tertiary alicyclic amines) is 1. The molecule has 6 heteroatoms. The first kappa shape index (κ1) is 17.2. The number of carbonyl (C=O) groups excluding carboxylic acids is 2. The SMILES string of the molecule is Cc1ccnn1-c1ccc(C(=O)OCC(=O)N2CCCC[C@@H]2C)cc1. The minimum atomic E-state index is -0.484. The van der Waals surface area contributed by atoms with E-state index in [1.54, 1.807) is 27.9 Å². The van der Waals surface area contributed by atoms with Crippen molar-refractivity contribution in [3.05, 3.63) is 47.8 Å². The van der Waals surface area contributed by atoms with E-state index in [1.165, 1.54) is 0 Å². The van der Waals surface area contributed by atoms with E-state index in [0.29, 0.717) is 5.56 Å². The van der Waals surface area contributed by atoms with Gasteiger partial charge in [-0.2, -0.15) is 5.10 Å². The normalized spacial score (nSPS) is 17.4. The summed E-state index contributed by atoms with van der Waals surface area (Å²) in [5.74, 6) is -0.605. The maximum Gasteiger partial charge on any atom is 0.338 e. The van der Waals surface area contributed by atoms with E-state index in [0.717, 1.165) is 37.2 Å². The molecule has 0 bridgehead atoms. The van der Waals surface area contributed by atoms with Gasteiger partial charge < -0.3 is 9.64 Å². The fourth-order valence-electron chi connectivity index (χ4n) is 3.14. The second kappa shape index (κ2) is 7.51. The van der Waals surface area contributed by atoms with Crippen molar-refractivity contribution in [2.75, 3.05) is 13.2 Å². The zero-order valence-corrected chi connectivity index (χ0v) is 14.6. The lowest BCUT2D eigenvalue weighted by molar-refractivity contribution is -0.137. The highest BCUT2D eigenvalue weighted by Crippen LogP contribution is 2.17. The van der Waals surface area contributed by atoms with Crippen LogP contribution < -0.4 is 0 Å². The molecule has 1 aromatic heterocycles. The van der Waals surface area contributed by atoms with Gasteiger partial charge in [-0.25, -0.2) is 9.48 Å². The molecular weight excluding hydrogens is 318 g/mol. The molecule has 0 saturated carbocycles. The molecule has 1 aliphatic rings.